The number of hydrogen-bond donors (Lipinski definition) is 1. The highest BCUT2D eigenvalue weighted by molar-refractivity contribution is 6.30. The molecule has 4 heteroatoms. The summed E-state index contributed by atoms with van der Waals surface area (Å²) in [4.78, 5) is 14.5. The maximum absolute atomic E-state index is 12.6. The Morgan fingerprint density at radius 1 is 1.33 bits per heavy atom. The van der Waals surface area contributed by atoms with E-state index in [0.29, 0.717) is 11.4 Å². The normalized spacial score (nSPS) is 16.9. The summed E-state index contributed by atoms with van der Waals surface area (Å²) in [6.07, 6.45) is 1.20. The van der Waals surface area contributed by atoms with E-state index < -0.39 is 0 Å². The third kappa shape index (κ3) is 2.74. The molecule has 0 fully saturated rings. The molecule has 2 aromatic rings. The number of benzene rings is 2. The van der Waals surface area contributed by atoms with E-state index in [1.54, 1.807) is 0 Å². The maximum Gasteiger partial charge on any atom is 0.231 e. The first-order valence-electron chi connectivity index (χ1n) is 6.99. The first-order valence-corrected chi connectivity index (χ1v) is 7.37. The largest absolute Gasteiger partial charge is 0.399 e. The fourth-order valence-electron chi connectivity index (χ4n) is 2.94. The van der Waals surface area contributed by atoms with Gasteiger partial charge in [0.05, 0.1) is 6.42 Å². The van der Waals surface area contributed by atoms with Gasteiger partial charge in [0, 0.05) is 22.4 Å². The van der Waals surface area contributed by atoms with Gasteiger partial charge in [-0.3, -0.25) is 4.79 Å². The maximum atomic E-state index is 12.6. The zero-order chi connectivity index (χ0) is 15.0. The quantitative estimate of drug-likeness (QED) is 0.864. The molecule has 1 amide bonds. The lowest BCUT2D eigenvalue weighted by molar-refractivity contribution is -0.118. The van der Waals surface area contributed by atoms with Crippen LogP contribution in [-0.2, 0) is 17.6 Å². The van der Waals surface area contributed by atoms with Crippen LogP contribution in [0.25, 0.3) is 0 Å². The molecule has 1 unspecified atom stereocenters. The third-order valence-electron chi connectivity index (χ3n) is 3.83. The van der Waals surface area contributed by atoms with E-state index in [1.165, 1.54) is 0 Å². The molecule has 0 aromatic heterocycles. The predicted octanol–water partition coefficient (Wildman–Crippen LogP) is 3.44. The van der Waals surface area contributed by atoms with E-state index >= 15 is 0 Å². The molecule has 0 saturated heterocycles. The molecule has 1 atom stereocenters. The molecular weight excluding hydrogens is 284 g/mol. The fourth-order valence-corrected chi connectivity index (χ4v) is 3.15. The van der Waals surface area contributed by atoms with Crippen LogP contribution < -0.4 is 10.6 Å². The second kappa shape index (κ2) is 5.41. The van der Waals surface area contributed by atoms with Gasteiger partial charge in [0.1, 0.15) is 0 Å². The number of halogens is 1. The van der Waals surface area contributed by atoms with Crippen molar-refractivity contribution in [2.24, 2.45) is 0 Å². The smallest absolute Gasteiger partial charge is 0.231 e. The fraction of sp³-hybridized carbons (Fsp3) is 0.235. The summed E-state index contributed by atoms with van der Waals surface area (Å²) >= 11 is 5.98. The Labute approximate surface area is 129 Å². The first kappa shape index (κ1) is 14.0. The van der Waals surface area contributed by atoms with Crippen molar-refractivity contribution in [3.63, 3.8) is 0 Å². The van der Waals surface area contributed by atoms with E-state index in [4.69, 9.17) is 17.3 Å². The van der Waals surface area contributed by atoms with E-state index in [2.05, 4.69) is 6.92 Å². The molecule has 2 aromatic carbocycles. The van der Waals surface area contributed by atoms with Crippen LogP contribution in [0.2, 0.25) is 5.02 Å². The van der Waals surface area contributed by atoms with Gasteiger partial charge in [-0.05, 0) is 54.8 Å². The number of nitrogen functional groups attached to an aromatic ring is 1. The number of rotatable bonds is 2. The van der Waals surface area contributed by atoms with Gasteiger partial charge in [-0.2, -0.15) is 0 Å². The third-order valence-corrected chi connectivity index (χ3v) is 4.07. The highest BCUT2D eigenvalue weighted by Crippen LogP contribution is 2.34. The number of amides is 1. The molecule has 1 aliphatic rings. The van der Waals surface area contributed by atoms with Gasteiger partial charge in [0.2, 0.25) is 5.91 Å². The Hall–Kier alpha value is -2.00. The van der Waals surface area contributed by atoms with Gasteiger partial charge in [-0.25, -0.2) is 0 Å². The Morgan fingerprint density at radius 3 is 2.90 bits per heavy atom. The lowest BCUT2D eigenvalue weighted by Gasteiger charge is -2.23. The highest BCUT2D eigenvalue weighted by Gasteiger charge is 2.30. The molecule has 0 spiro atoms. The molecule has 3 nitrogen and oxygen atoms in total. The van der Waals surface area contributed by atoms with Crippen LogP contribution in [0.1, 0.15) is 18.1 Å². The molecule has 0 radical (unpaired) electrons. The molecule has 3 rings (SSSR count). The summed E-state index contributed by atoms with van der Waals surface area (Å²) in [5, 5.41) is 0.656. The number of nitrogens with two attached hydrogens (primary N) is 1. The molecule has 1 aliphatic heterocycles. The molecule has 21 heavy (non-hydrogen) atoms. The average molecular weight is 301 g/mol. The van der Waals surface area contributed by atoms with E-state index in [0.717, 1.165) is 28.9 Å². The van der Waals surface area contributed by atoms with Gasteiger partial charge < -0.3 is 10.6 Å². The number of hydrogen-bond acceptors (Lipinski definition) is 2. The van der Waals surface area contributed by atoms with E-state index in [1.807, 2.05) is 47.4 Å². The monoisotopic (exact) mass is 300 g/mol. The van der Waals surface area contributed by atoms with Crippen LogP contribution >= 0.6 is 11.6 Å². The summed E-state index contributed by atoms with van der Waals surface area (Å²) in [7, 11) is 0. The topological polar surface area (TPSA) is 46.3 Å². The Balaban J connectivity index is 1.85. The zero-order valence-electron chi connectivity index (χ0n) is 11.8. The Kier molecular flexibility index (Phi) is 3.60. The van der Waals surface area contributed by atoms with Gasteiger partial charge in [-0.1, -0.05) is 23.7 Å². The standard InChI is InChI=1S/C17H17ClN2O/c1-11-7-13-10-15(19)5-6-16(13)20(11)17(21)9-12-3-2-4-14(18)8-12/h2-6,8,10-11H,7,9,19H2,1H3. The summed E-state index contributed by atoms with van der Waals surface area (Å²) in [5.74, 6) is 0.0910. The van der Waals surface area contributed by atoms with Crippen LogP contribution in [-0.4, -0.2) is 11.9 Å². The van der Waals surface area contributed by atoms with Crippen LogP contribution in [0.4, 0.5) is 11.4 Å². The highest BCUT2D eigenvalue weighted by atomic mass is 35.5. The number of carbonyl (C=O) groups excluding carboxylic acids is 1. The van der Waals surface area contributed by atoms with E-state index in [-0.39, 0.29) is 11.9 Å². The second-order valence-electron chi connectivity index (χ2n) is 5.51. The van der Waals surface area contributed by atoms with Crippen molar-refractivity contribution in [1.82, 2.24) is 0 Å². The zero-order valence-corrected chi connectivity index (χ0v) is 12.6. The first-order chi connectivity index (χ1) is 10.0. The summed E-state index contributed by atoms with van der Waals surface area (Å²) in [5.41, 5.74) is 9.61. The summed E-state index contributed by atoms with van der Waals surface area (Å²) in [6, 6.07) is 13.3. The van der Waals surface area contributed by atoms with Crippen molar-refractivity contribution in [3.05, 3.63) is 58.6 Å². The van der Waals surface area contributed by atoms with Crippen LogP contribution in [0.15, 0.2) is 42.5 Å². The number of carbonyl (C=O) groups is 1. The molecule has 0 saturated carbocycles. The Bertz CT molecular complexity index is 699. The molecule has 0 aliphatic carbocycles. The van der Waals surface area contributed by atoms with Crippen LogP contribution in [0, 0.1) is 0 Å². The molecule has 2 N–H and O–H groups in total. The average Bonchev–Trinajstić information content (AvgIpc) is 2.73. The second-order valence-corrected chi connectivity index (χ2v) is 5.95. The van der Waals surface area contributed by atoms with Crippen LogP contribution in [0.5, 0.6) is 0 Å². The number of anilines is 2. The van der Waals surface area contributed by atoms with Gasteiger partial charge >= 0.3 is 0 Å². The molecule has 0 bridgehead atoms. The van der Waals surface area contributed by atoms with Crippen LogP contribution in [0.3, 0.4) is 0 Å². The van der Waals surface area contributed by atoms with Gasteiger partial charge in [0.15, 0.2) is 0 Å². The molecular formula is C17H17ClN2O. The number of nitrogens with zero attached hydrogens (tertiary/aromatic N) is 1. The van der Waals surface area contributed by atoms with E-state index in [9.17, 15) is 4.79 Å². The van der Waals surface area contributed by atoms with Crippen molar-refractivity contribution in [2.45, 2.75) is 25.8 Å². The van der Waals surface area contributed by atoms with Crippen molar-refractivity contribution in [3.8, 4) is 0 Å². The lowest BCUT2D eigenvalue weighted by atomic mass is 10.1. The van der Waals surface area contributed by atoms with Crippen molar-refractivity contribution >= 4 is 28.9 Å². The lowest BCUT2D eigenvalue weighted by Crippen LogP contribution is -2.36. The Morgan fingerprint density at radius 2 is 2.14 bits per heavy atom. The predicted molar refractivity (Wildman–Crippen MR) is 86.7 cm³/mol. The van der Waals surface area contributed by atoms with Crippen molar-refractivity contribution in [2.75, 3.05) is 10.6 Å². The van der Waals surface area contributed by atoms with Crippen molar-refractivity contribution in [1.29, 1.82) is 0 Å². The SMILES string of the molecule is CC1Cc2cc(N)ccc2N1C(=O)Cc1cccc(Cl)c1. The molecule has 108 valence electrons. The minimum absolute atomic E-state index is 0.0910. The summed E-state index contributed by atoms with van der Waals surface area (Å²) in [6.45, 7) is 2.06. The molecule has 1 heterocycles. The van der Waals surface area contributed by atoms with Gasteiger partial charge in [-0.15, -0.1) is 0 Å². The minimum atomic E-state index is 0.0910. The van der Waals surface area contributed by atoms with Gasteiger partial charge in [0.25, 0.3) is 0 Å². The minimum Gasteiger partial charge on any atom is -0.399 e. The summed E-state index contributed by atoms with van der Waals surface area (Å²) < 4.78 is 0. The van der Waals surface area contributed by atoms with Crippen molar-refractivity contribution < 1.29 is 4.79 Å². The number of fused-ring (bicyclic) bond motifs is 1.